The first-order chi connectivity index (χ1) is 10.4. The Morgan fingerprint density at radius 1 is 1.50 bits per heavy atom. The lowest BCUT2D eigenvalue weighted by atomic mass is 10.0. The van der Waals surface area contributed by atoms with E-state index in [1.54, 1.807) is 11.1 Å². The van der Waals surface area contributed by atoms with E-state index in [-0.39, 0.29) is 17.7 Å². The molecule has 0 bridgehead atoms. The van der Waals surface area contributed by atoms with Gasteiger partial charge in [0.15, 0.2) is 9.84 Å². The van der Waals surface area contributed by atoms with E-state index < -0.39 is 15.1 Å². The predicted molar refractivity (Wildman–Crippen MR) is 85.4 cm³/mol. The summed E-state index contributed by atoms with van der Waals surface area (Å²) in [6, 6.07) is 0.182. The molecule has 1 fully saturated rings. The number of hydrogen-bond donors (Lipinski definition) is 0. The van der Waals surface area contributed by atoms with Crippen molar-refractivity contribution in [1.29, 1.82) is 0 Å². The van der Waals surface area contributed by atoms with Crippen molar-refractivity contribution in [3.63, 3.8) is 0 Å². The molecular formula is C15H25N3O3S. The second kappa shape index (κ2) is 6.81. The fourth-order valence-corrected chi connectivity index (χ4v) is 4.41. The topological polar surface area (TPSA) is 72.3 Å². The van der Waals surface area contributed by atoms with Crippen LogP contribution < -0.4 is 0 Å². The first kappa shape index (κ1) is 17.0. The molecule has 0 spiro atoms. The molecule has 1 aromatic heterocycles. The molecule has 0 saturated carbocycles. The molecule has 1 amide bonds. The van der Waals surface area contributed by atoms with Crippen molar-refractivity contribution in [3.8, 4) is 0 Å². The Morgan fingerprint density at radius 2 is 2.23 bits per heavy atom. The van der Waals surface area contributed by atoms with Gasteiger partial charge in [0.2, 0.25) is 5.91 Å². The molecule has 6 nitrogen and oxygen atoms in total. The van der Waals surface area contributed by atoms with Crippen LogP contribution in [-0.2, 0) is 14.6 Å². The van der Waals surface area contributed by atoms with Gasteiger partial charge in [-0.15, -0.1) is 0 Å². The summed E-state index contributed by atoms with van der Waals surface area (Å²) in [5.41, 5.74) is 0. The van der Waals surface area contributed by atoms with Gasteiger partial charge in [-0.3, -0.25) is 4.79 Å². The Kier molecular flexibility index (Phi) is 5.26. The number of carbonyl (C=O) groups excluding carboxylic acids is 1. The molecule has 0 unspecified atom stereocenters. The minimum absolute atomic E-state index is 0.0673. The van der Waals surface area contributed by atoms with Gasteiger partial charge in [0.25, 0.3) is 0 Å². The van der Waals surface area contributed by atoms with Crippen LogP contribution in [0.5, 0.6) is 0 Å². The van der Waals surface area contributed by atoms with Crippen LogP contribution in [-0.4, -0.2) is 52.9 Å². The summed E-state index contributed by atoms with van der Waals surface area (Å²) in [6.45, 7) is 6.46. The number of aryl methyl sites for hydroxylation is 1. The second-order valence-electron chi connectivity index (χ2n) is 5.97. The number of amides is 1. The minimum atomic E-state index is -3.35. The molecule has 7 heteroatoms. The highest BCUT2D eigenvalue weighted by atomic mass is 32.2. The molecule has 0 aromatic carbocycles. The standard InChI is InChI=1S/C15H25N3O3S/c1-4-10-22(20,21)12(2)15(19)17-8-5-6-14(11-17)18-9-7-16-13(18)3/h7,9,12,14H,4-6,8,10-11H2,1-3H3/t12-,14-/m1/s1. The van der Waals surface area contributed by atoms with Crippen molar-refractivity contribution in [2.45, 2.75) is 51.3 Å². The van der Waals surface area contributed by atoms with E-state index in [4.69, 9.17) is 0 Å². The Labute approximate surface area is 132 Å². The maximum absolute atomic E-state index is 12.5. The first-order valence-electron chi connectivity index (χ1n) is 7.86. The van der Waals surface area contributed by atoms with Crippen molar-refractivity contribution >= 4 is 15.7 Å². The summed E-state index contributed by atoms with van der Waals surface area (Å²) in [5, 5.41) is -0.949. The zero-order valence-corrected chi connectivity index (χ0v) is 14.3. The van der Waals surface area contributed by atoms with Crippen LogP contribution in [0.2, 0.25) is 0 Å². The van der Waals surface area contributed by atoms with Crippen LogP contribution in [0.4, 0.5) is 0 Å². The number of piperidine rings is 1. The molecule has 0 N–H and O–H groups in total. The van der Waals surface area contributed by atoms with Crippen molar-refractivity contribution in [2.24, 2.45) is 0 Å². The van der Waals surface area contributed by atoms with E-state index in [9.17, 15) is 13.2 Å². The molecule has 2 rings (SSSR count). The summed E-state index contributed by atoms with van der Waals surface area (Å²) >= 11 is 0. The molecule has 124 valence electrons. The number of rotatable bonds is 5. The van der Waals surface area contributed by atoms with E-state index in [1.807, 2.05) is 20.0 Å². The molecule has 2 atom stereocenters. The first-order valence-corrected chi connectivity index (χ1v) is 9.58. The zero-order valence-electron chi connectivity index (χ0n) is 13.5. The maximum Gasteiger partial charge on any atom is 0.240 e. The van der Waals surface area contributed by atoms with Crippen molar-refractivity contribution in [3.05, 3.63) is 18.2 Å². The summed E-state index contributed by atoms with van der Waals surface area (Å²) in [4.78, 5) is 18.5. The monoisotopic (exact) mass is 327 g/mol. The van der Waals surface area contributed by atoms with Gasteiger partial charge in [-0.2, -0.15) is 0 Å². The minimum Gasteiger partial charge on any atom is -0.340 e. The molecule has 1 aromatic rings. The fourth-order valence-electron chi connectivity index (χ4n) is 3.03. The number of nitrogens with zero attached hydrogens (tertiary/aromatic N) is 3. The number of imidazole rings is 1. The van der Waals surface area contributed by atoms with Gasteiger partial charge in [-0.05, 0) is 33.1 Å². The third kappa shape index (κ3) is 3.51. The van der Waals surface area contributed by atoms with Gasteiger partial charge >= 0.3 is 0 Å². The molecule has 0 radical (unpaired) electrons. The lowest BCUT2D eigenvalue weighted by Crippen LogP contribution is -2.47. The van der Waals surface area contributed by atoms with Crippen LogP contribution in [0.15, 0.2) is 12.4 Å². The molecule has 0 aliphatic carbocycles. The van der Waals surface area contributed by atoms with E-state index in [0.717, 1.165) is 18.7 Å². The highest BCUT2D eigenvalue weighted by Gasteiger charge is 2.33. The maximum atomic E-state index is 12.5. The molecule has 22 heavy (non-hydrogen) atoms. The Balaban J connectivity index is 2.09. The number of aromatic nitrogens is 2. The second-order valence-corrected chi connectivity index (χ2v) is 8.41. The van der Waals surface area contributed by atoms with Crippen LogP contribution >= 0.6 is 0 Å². The van der Waals surface area contributed by atoms with Crippen LogP contribution in [0.25, 0.3) is 0 Å². The summed E-state index contributed by atoms with van der Waals surface area (Å²) in [7, 11) is -3.35. The Morgan fingerprint density at radius 3 is 2.82 bits per heavy atom. The highest BCUT2D eigenvalue weighted by molar-refractivity contribution is 7.92. The Hall–Kier alpha value is -1.37. The third-order valence-corrected chi connectivity index (χ3v) is 6.60. The summed E-state index contributed by atoms with van der Waals surface area (Å²) in [5.74, 6) is 0.722. The summed E-state index contributed by atoms with van der Waals surface area (Å²) < 4.78 is 26.3. The highest BCUT2D eigenvalue weighted by Crippen LogP contribution is 2.24. The van der Waals surface area contributed by atoms with E-state index in [2.05, 4.69) is 9.55 Å². The SMILES string of the molecule is CCCS(=O)(=O)[C@H](C)C(=O)N1CCC[C@@H](n2ccnc2C)C1. The van der Waals surface area contributed by atoms with E-state index >= 15 is 0 Å². The number of carbonyl (C=O) groups is 1. The van der Waals surface area contributed by atoms with Gasteiger partial charge in [0.1, 0.15) is 11.1 Å². The average Bonchev–Trinajstić information content (AvgIpc) is 2.92. The van der Waals surface area contributed by atoms with Gasteiger partial charge in [-0.25, -0.2) is 13.4 Å². The lowest BCUT2D eigenvalue weighted by Gasteiger charge is -2.35. The van der Waals surface area contributed by atoms with Gasteiger partial charge in [-0.1, -0.05) is 6.92 Å². The third-order valence-electron chi connectivity index (χ3n) is 4.34. The van der Waals surface area contributed by atoms with Crippen molar-refractivity contribution in [2.75, 3.05) is 18.8 Å². The van der Waals surface area contributed by atoms with E-state index in [1.165, 1.54) is 6.92 Å². The quantitative estimate of drug-likeness (QED) is 0.823. The number of sulfone groups is 1. The van der Waals surface area contributed by atoms with Crippen LogP contribution in [0.3, 0.4) is 0 Å². The lowest BCUT2D eigenvalue weighted by molar-refractivity contribution is -0.132. The average molecular weight is 327 g/mol. The number of hydrogen-bond acceptors (Lipinski definition) is 4. The zero-order chi connectivity index (χ0) is 16.3. The van der Waals surface area contributed by atoms with E-state index in [0.29, 0.717) is 19.5 Å². The van der Waals surface area contributed by atoms with Crippen molar-refractivity contribution in [1.82, 2.24) is 14.5 Å². The molecule has 1 saturated heterocycles. The van der Waals surface area contributed by atoms with Crippen LogP contribution in [0.1, 0.15) is 45.0 Å². The number of likely N-dealkylation sites (tertiary alicyclic amines) is 1. The van der Waals surface area contributed by atoms with Gasteiger partial charge in [0.05, 0.1) is 11.8 Å². The largest absolute Gasteiger partial charge is 0.340 e. The molecule has 1 aliphatic heterocycles. The van der Waals surface area contributed by atoms with Crippen molar-refractivity contribution < 1.29 is 13.2 Å². The van der Waals surface area contributed by atoms with Gasteiger partial charge in [0, 0.05) is 25.5 Å². The molecular weight excluding hydrogens is 302 g/mol. The van der Waals surface area contributed by atoms with Crippen LogP contribution in [0, 0.1) is 6.92 Å². The Bertz CT molecular complexity index is 624. The smallest absolute Gasteiger partial charge is 0.240 e. The predicted octanol–water partition coefficient (Wildman–Crippen LogP) is 1.57. The molecule has 2 heterocycles. The molecule has 1 aliphatic rings. The van der Waals surface area contributed by atoms with Gasteiger partial charge < -0.3 is 9.47 Å². The normalized spacial score (nSPS) is 20.9. The fraction of sp³-hybridized carbons (Fsp3) is 0.733. The summed E-state index contributed by atoms with van der Waals surface area (Å²) in [6.07, 6.45) is 6.08.